The van der Waals surface area contributed by atoms with Crippen molar-refractivity contribution >= 4 is 14.4 Å². The highest BCUT2D eigenvalue weighted by Gasteiger charge is 2.29. The first kappa shape index (κ1) is 14.6. The van der Waals surface area contributed by atoms with Crippen LogP contribution in [0.1, 0.15) is 52.4 Å². The summed E-state index contributed by atoms with van der Waals surface area (Å²) < 4.78 is 15.9. The highest BCUT2D eigenvalue weighted by atomic mass is 31.1. The van der Waals surface area contributed by atoms with Gasteiger partial charge in [-0.2, -0.15) is 0 Å². The van der Waals surface area contributed by atoms with E-state index >= 15 is 0 Å². The second-order valence-corrected chi connectivity index (χ2v) is 5.02. The second-order valence-electron chi connectivity index (χ2n) is 3.89. The van der Waals surface area contributed by atoms with E-state index in [-0.39, 0.29) is 19.6 Å². The Morgan fingerprint density at radius 2 is 1.73 bits per heavy atom. The zero-order valence-electron chi connectivity index (χ0n) is 9.91. The lowest BCUT2D eigenvalue weighted by molar-refractivity contribution is -0.140. The van der Waals surface area contributed by atoms with Crippen LogP contribution in [0.15, 0.2) is 0 Å². The Hall–Kier alpha value is -0.430. The van der Waals surface area contributed by atoms with E-state index in [0.717, 1.165) is 25.7 Å². The molecule has 0 spiro atoms. The highest BCUT2D eigenvalue weighted by molar-refractivity contribution is 7.26. The highest BCUT2D eigenvalue weighted by Crippen LogP contribution is 2.38. The van der Waals surface area contributed by atoms with Crippen molar-refractivity contribution in [1.29, 1.82) is 0 Å². The maximum atomic E-state index is 11.3. The average molecular weight is 232 g/mol. The van der Waals surface area contributed by atoms with Gasteiger partial charge in [0.25, 0.3) is 0 Å². The molecule has 0 rings (SSSR count). The second kappa shape index (κ2) is 7.81. The fraction of sp³-hybridized carbons (Fsp3) is 0.909. The number of hydrogen-bond donors (Lipinski definition) is 0. The summed E-state index contributed by atoms with van der Waals surface area (Å²) in [5.74, 6) is -0.213. The van der Waals surface area contributed by atoms with Gasteiger partial charge in [0.15, 0.2) is 8.46 Å². The zero-order chi connectivity index (χ0) is 11.7. The Morgan fingerprint density at radius 3 is 2.07 bits per heavy atom. The van der Waals surface area contributed by atoms with E-state index in [9.17, 15) is 9.36 Å². The Balaban J connectivity index is 4.32. The van der Waals surface area contributed by atoms with Crippen molar-refractivity contribution in [2.24, 2.45) is 0 Å². The standard InChI is InChI=1S/C11H21O3P/c1-4-7-11(15-13,8-5-2)9-6-10(12)14-3/h4-9H2,1-3H3. The normalized spacial score (nSPS) is 11.7. The minimum atomic E-state index is -0.213. The van der Waals surface area contributed by atoms with Gasteiger partial charge in [0.2, 0.25) is 0 Å². The predicted octanol–water partition coefficient (Wildman–Crippen LogP) is 3.57. The Morgan fingerprint density at radius 1 is 1.20 bits per heavy atom. The fourth-order valence-electron chi connectivity index (χ4n) is 1.88. The van der Waals surface area contributed by atoms with Crippen LogP contribution in [0.5, 0.6) is 0 Å². The van der Waals surface area contributed by atoms with Gasteiger partial charge in [0.05, 0.1) is 12.3 Å². The van der Waals surface area contributed by atoms with Crippen molar-refractivity contribution in [3.63, 3.8) is 0 Å². The third kappa shape index (κ3) is 5.27. The van der Waals surface area contributed by atoms with Crippen molar-refractivity contribution < 1.29 is 14.1 Å². The van der Waals surface area contributed by atoms with Crippen LogP contribution in [0, 0.1) is 0 Å². The van der Waals surface area contributed by atoms with Crippen molar-refractivity contribution in [2.45, 2.75) is 57.5 Å². The summed E-state index contributed by atoms with van der Waals surface area (Å²) in [5, 5.41) is -0.211. The maximum Gasteiger partial charge on any atom is 0.305 e. The van der Waals surface area contributed by atoms with Crippen LogP contribution in [0.3, 0.4) is 0 Å². The third-order valence-electron chi connectivity index (χ3n) is 2.65. The molecule has 0 atom stereocenters. The fourth-order valence-corrected chi connectivity index (χ4v) is 2.71. The van der Waals surface area contributed by atoms with E-state index in [0.29, 0.717) is 12.8 Å². The molecule has 0 radical (unpaired) electrons. The van der Waals surface area contributed by atoms with Crippen LogP contribution in [-0.4, -0.2) is 18.2 Å². The predicted molar refractivity (Wildman–Crippen MR) is 61.4 cm³/mol. The van der Waals surface area contributed by atoms with Gasteiger partial charge < -0.3 is 4.74 Å². The van der Waals surface area contributed by atoms with Gasteiger partial charge in [-0.3, -0.25) is 9.36 Å². The van der Waals surface area contributed by atoms with E-state index in [2.05, 4.69) is 18.6 Å². The van der Waals surface area contributed by atoms with Gasteiger partial charge in [-0.25, -0.2) is 0 Å². The molecular weight excluding hydrogens is 211 g/mol. The summed E-state index contributed by atoms with van der Waals surface area (Å²) in [5.41, 5.74) is 0. The van der Waals surface area contributed by atoms with Gasteiger partial charge in [0.1, 0.15) is 0 Å². The molecule has 0 bridgehead atoms. The first-order chi connectivity index (χ1) is 7.14. The van der Waals surface area contributed by atoms with E-state index in [1.807, 2.05) is 0 Å². The van der Waals surface area contributed by atoms with Crippen molar-refractivity contribution in [2.75, 3.05) is 7.11 Å². The number of esters is 1. The Kier molecular flexibility index (Phi) is 7.59. The minimum Gasteiger partial charge on any atom is -0.469 e. The molecule has 0 saturated carbocycles. The molecule has 0 aromatic heterocycles. The summed E-state index contributed by atoms with van der Waals surface area (Å²) in [6, 6.07) is 0. The first-order valence-corrected chi connectivity index (χ1v) is 6.36. The molecule has 0 heterocycles. The number of hydrogen-bond acceptors (Lipinski definition) is 3. The molecule has 0 aliphatic rings. The van der Waals surface area contributed by atoms with E-state index in [1.165, 1.54) is 7.11 Å². The van der Waals surface area contributed by atoms with Crippen LogP contribution in [-0.2, 0) is 14.1 Å². The van der Waals surface area contributed by atoms with Gasteiger partial charge in [-0.05, 0) is 19.3 Å². The molecule has 4 heteroatoms. The minimum absolute atomic E-state index is 0.169. The quantitative estimate of drug-likeness (QED) is 0.474. The molecule has 0 aromatic rings. The lowest BCUT2D eigenvalue weighted by Crippen LogP contribution is -2.22. The van der Waals surface area contributed by atoms with Gasteiger partial charge >= 0.3 is 5.97 Å². The Bertz CT molecular complexity index is 198. The molecule has 15 heavy (non-hydrogen) atoms. The molecule has 88 valence electrons. The Labute approximate surface area is 93.8 Å². The van der Waals surface area contributed by atoms with Crippen LogP contribution in [0.4, 0.5) is 0 Å². The lowest BCUT2D eigenvalue weighted by Gasteiger charge is -2.25. The topological polar surface area (TPSA) is 43.4 Å². The molecule has 0 aliphatic carbocycles. The molecule has 3 nitrogen and oxygen atoms in total. The maximum absolute atomic E-state index is 11.3. The first-order valence-electron chi connectivity index (χ1n) is 5.55. The molecule has 0 aliphatic heterocycles. The number of carbonyl (C=O) groups excluding carboxylic acids is 1. The molecule has 0 saturated heterocycles. The monoisotopic (exact) mass is 232 g/mol. The summed E-state index contributed by atoms with van der Waals surface area (Å²) >= 11 is 0. The van der Waals surface area contributed by atoms with Gasteiger partial charge in [-0.1, -0.05) is 26.7 Å². The number of carbonyl (C=O) groups is 1. The van der Waals surface area contributed by atoms with Crippen molar-refractivity contribution in [3.05, 3.63) is 0 Å². The molecule has 0 unspecified atom stereocenters. The largest absolute Gasteiger partial charge is 0.469 e. The van der Waals surface area contributed by atoms with Crippen molar-refractivity contribution in [3.8, 4) is 0 Å². The van der Waals surface area contributed by atoms with Crippen molar-refractivity contribution in [1.82, 2.24) is 0 Å². The van der Waals surface area contributed by atoms with Gasteiger partial charge in [0, 0.05) is 6.42 Å². The molecule has 0 fully saturated rings. The average Bonchev–Trinajstić information content (AvgIpc) is 2.26. The lowest BCUT2D eigenvalue weighted by atomic mass is 9.92. The van der Waals surface area contributed by atoms with Crippen LogP contribution in [0.2, 0.25) is 0 Å². The summed E-state index contributed by atoms with van der Waals surface area (Å²) in [4.78, 5) is 11.1. The third-order valence-corrected chi connectivity index (χ3v) is 3.70. The van der Waals surface area contributed by atoms with E-state index in [4.69, 9.17) is 0 Å². The summed E-state index contributed by atoms with van der Waals surface area (Å²) in [6.45, 7) is 4.15. The molecule has 0 aromatic carbocycles. The molecular formula is C11H21O3P. The SMILES string of the molecule is CCCC(CCC)(CCC(=O)OC)P=O. The van der Waals surface area contributed by atoms with Crippen LogP contribution < -0.4 is 0 Å². The van der Waals surface area contributed by atoms with E-state index in [1.54, 1.807) is 0 Å². The number of rotatable bonds is 8. The molecule has 0 N–H and O–H groups in total. The summed E-state index contributed by atoms with van der Waals surface area (Å²) in [7, 11) is 1.56. The van der Waals surface area contributed by atoms with Crippen LogP contribution >= 0.6 is 8.46 Å². The zero-order valence-corrected chi connectivity index (χ0v) is 10.8. The van der Waals surface area contributed by atoms with Gasteiger partial charge in [-0.15, -0.1) is 0 Å². The molecule has 0 amide bonds. The van der Waals surface area contributed by atoms with Crippen LogP contribution in [0.25, 0.3) is 0 Å². The summed E-state index contributed by atoms with van der Waals surface area (Å²) in [6.07, 6.45) is 4.83. The van der Waals surface area contributed by atoms with E-state index < -0.39 is 0 Å². The number of ether oxygens (including phenoxy) is 1. The number of methoxy groups -OCH3 is 1. The smallest absolute Gasteiger partial charge is 0.305 e.